The Labute approximate surface area is 222 Å². The molecule has 0 amide bonds. The quantitative estimate of drug-likeness (QED) is 0.168. The largest absolute Gasteiger partial charge is 0.536 e. The molecule has 0 fully saturated rings. The minimum Gasteiger partial charge on any atom is -0.492 e. The topological polar surface area (TPSA) is 110 Å². The molecular formula is C27H24F3N3O5S. The Morgan fingerprint density at radius 3 is 2.28 bits per heavy atom. The molecule has 1 heterocycles. The Hall–Kier alpha value is -4.16. The van der Waals surface area contributed by atoms with Gasteiger partial charge in [-0.2, -0.15) is 21.6 Å². The van der Waals surface area contributed by atoms with Gasteiger partial charge in [0.1, 0.15) is 0 Å². The van der Waals surface area contributed by atoms with E-state index in [1.807, 2.05) is 19.1 Å². The highest BCUT2D eigenvalue weighted by Gasteiger charge is 2.50. The summed E-state index contributed by atoms with van der Waals surface area (Å²) in [6, 6.07) is 19.5. The fourth-order valence-electron chi connectivity index (χ4n) is 3.87. The number of benzene rings is 3. The molecule has 0 spiro atoms. The summed E-state index contributed by atoms with van der Waals surface area (Å²) >= 11 is 0. The molecule has 39 heavy (non-hydrogen) atoms. The van der Waals surface area contributed by atoms with Crippen LogP contribution in [0.5, 0.6) is 5.88 Å². The Bertz CT molecular complexity index is 1650. The van der Waals surface area contributed by atoms with Gasteiger partial charge in [-0.25, -0.2) is 4.99 Å². The Kier molecular flexibility index (Phi) is 7.79. The summed E-state index contributed by atoms with van der Waals surface area (Å²) in [6.07, 6.45) is 0. The number of ketones is 1. The molecule has 0 atom stereocenters. The summed E-state index contributed by atoms with van der Waals surface area (Å²) in [5.41, 5.74) is -3.87. The fraction of sp³-hybridized carbons (Fsp3) is 0.185. The number of nitrogens with zero attached hydrogens (tertiary/aromatic N) is 2. The first-order chi connectivity index (χ1) is 18.4. The summed E-state index contributed by atoms with van der Waals surface area (Å²) < 4.78 is 67.8. The van der Waals surface area contributed by atoms with Gasteiger partial charge in [-0.1, -0.05) is 49.4 Å². The molecular weight excluding hydrogens is 535 g/mol. The number of hydrogen-bond acceptors (Lipinski definition) is 7. The van der Waals surface area contributed by atoms with Gasteiger partial charge in [-0.15, -0.1) is 4.73 Å². The summed E-state index contributed by atoms with van der Waals surface area (Å²) in [5, 5.41) is 14.4. The van der Waals surface area contributed by atoms with Crippen LogP contribution >= 0.6 is 0 Å². The fourth-order valence-corrected chi connectivity index (χ4v) is 4.30. The first-order valence-corrected chi connectivity index (χ1v) is 13.2. The zero-order chi connectivity index (χ0) is 28.4. The number of alkyl halides is 3. The first-order valence-electron chi connectivity index (χ1n) is 11.8. The van der Waals surface area contributed by atoms with E-state index in [4.69, 9.17) is 0 Å². The zero-order valence-electron chi connectivity index (χ0n) is 20.9. The van der Waals surface area contributed by atoms with Gasteiger partial charge >= 0.3 is 15.6 Å². The van der Waals surface area contributed by atoms with E-state index in [0.717, 1.165) is 12.1 Å². The van der Waals surface area contributed by atoms with Gasteiger partial charge in [0.15, 0.2) is 5.78 Å². The third-order valence-corrected chi connectivity index (χ3v) is 6.72. The van der Waals surface area contributed by atoms with Crippen LogP contribution in [0.1, 0.15) is 40.9 Å². The van der Waals surface area contributed by atoms with E-state index in [1.165, 1.54) is 25.1 Å². The molecule has 4 aromatic rings. The van der Waals surface area contributed by atoms with Gasteiger partial charge < -0.3 is 10.4 Å². The predicted molar refractivity (Wildman–Crippen MR) is 141 cm³/mol. The molecule has 3 aromatic carbocycles. The van der Waals surface area contributed by atoms with Crippen LogP contribution in [0.2, 0.25) is 0 Å². The number of halogens is 3. The van der Waals surface area contributed by atoms with Crippen molar-refractivity contribution in [2.24, 2.45) is 4.99 Å². The summed E-state index contributed by atoms with van der Waals surface area (Å²) in [5.74, 6) is -1.29. The van der Waals surface area contributed by atoms with Crippen molar-refractivity contribution in [3.8, 4) is 5.88 Å². The number of hydrogen-bond donors (Lipinski definition) is 2. The highest BCUT2D eigenvalue weighted by atomic mass is 32.2. The van der Waals surface area contributed by atoms with Crippen LogP contribution in [0.3, 0.4) is 0 Å². The second kappa shape index (κ2) is 10.9. The highest BCUT2D eigenvalue weighted by molar-refractivity contribution is 7.87. The Morgan fingerprint density at radius 1 is 1.03 bits per heavy atom. The van der Waals surface area contributed by atoms with E-state index in [1.54, 1.807) is 42.5 Å². The lowest BCUT2D eigenvalue weighted by Crippen LogP contribution is -2.33. The van der Waals surface area contributed by atoms with Crippen molar-refractivity contribution in [3.63, 3.8) is 0 Å². The molecule has 0 aliphatic carbocycles. The van der Waals surface area contributed by atoms with Crippen LogP contribution in [0.25, 0.3) is 10.9 Å². The number of rotatable bonds is 9. The van der Waals surface area contributed by atoms with Crippen LogP contribution in [0, 0.1) is 0 Å². The van der Waals surface area contributed by atoms with Crippen LogP contribution in [0.4, 0.5) is 18.9 Å². The average Bonchev–Trinajstić information content (AvgIpc) is 3.16. The molecule has 204 valence electrons. The second-order valence-electron chi connectivity index (χ2n) is 8.53. The molecule has 0 radical (unpaired) electrons. The zero-order valence-corrected chi connectivity index (χ0v) is 21.7. The maximum absolute atomic E-state index is 13.2. The van der Waals surface area contributed by atoms with Crippen LogP contribution < -0.4 is 9.60 Å². The average molecular weight is 560 g/mol. The van der Waals surface area contributed by atoms with Crippen LogP contribution in [0.15, 0.2) is 77.8 Å². The predicted octanol–water partition coefficient (Wildman–Crippen LogP) is 5.11. The van der Waals surface area contributed by atoms with E-state index in [9.17, 15) is 31.5 Å². The SMILES string of the molecule is CCNCc1ccc(N=C(c2ccccc2)c2c(O)n(OS(=O)(=O)C(F)(F)F)c3ccc(C(C)=O)cc23)cc1. The normalized spacial score (nSPS) is 12.6. The van der Waals surface area contributed by atoms with E-state index in [2.05, 4.69) is 14.6 Å². The minimum absolute atomic E-state index is 0.0592. The molecule has 0 saturated carbocycles. The van der Waals surface area contributed by atoms with E-state index in [-0.39, 0.29) is 38.3 Å². The molecule has 0 saturated heterocycles. The molecule has 0 bridgehead atoms. The van der Waals surface area contributed by atoms with Crippen molar-refractivity contribution in [2.45, 2.75) is 25.9 Å². The monoisotopic (exact) mass is 559 g/mol. The van der Waals surface area contributed by atoms with Gasteiger partial charge in [-0.05, 0) is 49.4 Å². The lowest BCUT2D eigenvalue weighted by Gasteiger charge is -2.12. The number of aliphatic imine (C=N–C) groups is 1. The van der Waals surface area contributed by atoms with E-state index < -0.39 is 21.5 Å². The second-order valence-corrected chi connectivity index (χ2v) is 10.0. The van der Waals surface area contributed by atoms with Crippen molar-refractivity contribution < 1.29 is 35.8 Å². The number of Topliss-reactive ketones (excluding diaryl/α,β-unsaturated/α-hetero) is 1. The van der Waals surface area contributed by atoms with Crippen LogP contribution in [-0.2, 0) is 16.7 Å². The number of carbonyl (C=O) groups excluding carboxylic acids is 1. The van der Waals surface area contributed by atoms with Gasteiger partial charge in [-0.3, -0.25) is 9.08 Å². The number of nitrogens with one attached hydrogen (secondary N) is 1. The van der Waals surface area contributed by atoms with Gasteiger partial charge in [0.05, 0.1) is 22.5 Å². The number of carbonyl (C=O) groups is 1. The van der Waals surface area contributed by atoms with Gasteiger partial charge in [0.25, 0.3) is 0 Å². The maximum atomic E-state index is 13.2. The maximum Gasteiger partial charge on any atom is 0.536 e. The van der Waals surface area contributed by atoms with Crippen molar-refractivity contribution in [1.29, 1.82) is 0 Å². The van der Waals surface area contributed by atoms with Crippen molar-refractivity contribution in [3.05, 3.63) is 95.1 Å². The summed E-state index contributed by atoms with van der Waals surface area (Å²) in [6.45, 7) is 4.70. The summed E-state index contributed by atoms with van der Waals surface area (Å²) in [7, 11) is -6.15. The molecule has 1 aromatic heterocycles. The molecule has 2 N–H and O–H groups in total. The lowest BCUT2D eigenvalue weighted by molar-refractivity contribution is -0.0547. The number of fused-ring (bicyclic) bond motifs is 1. The molecule has 0 aliphatic rings. The number of aromatic hydroxyl groups is 1. The van der Waals surface area contributed by atoms with Gasteiger partial charge in [0.2, 0.25) is 5.88 Å². The summed E-state index contributed by atoms with van der Waals surface area (Å²) in [4.78, 5) is 16.8. The molecule has 0 aliphatic heterocycles. The Balaban J connectivity index is 1.99. The van der Waals surface area contributed by atoms with Crippen molar-refractivity contribution in [1.82, 2.24) is 10.0 Å². The number of aromatic nitrogens is 1. The third-order valence-electron chi connectivity index (χ3n) is 5.80. The smallest absolute Gasteiger partial charge is 0.492 e. The van der Waals surface area contributed by atoms with Crippen LogP contribution in [-0.4, -0.2) is 41.8 Å². The lowest BCUT2D eigenvalue weighted by atomic mass is 9.99. The van der Waals surface area contributed by atoms with Gasteiger partial charge in [0, 0.05) is 23.1 Å². The molecule has 12 heteroatoms. The van der Waals surface area contributed by atoms with E-state index in [0.29, 0.717) is 17.8 Å². The standard InChI is InChI=1S/C27H24F3N3O5S/c1-3-31-16-18-9-12-21(13-10-18)32-25(19-7-5-4-6-8-19)24-22-15-20(17(2)34)11-14-23(22)33(26(24)35)38-39(36,37)27(28,29)30/h4-15,31,35H,3,16H2,1-2H3. The van der Waals surface area contributed by atoms with Crippen molar-refractivity contribution in [2.75, 3.05) is 6.54 Å². The Morgan fingerprint density at radius 2 is 1.69 bits per heavy atom. The molecule has 8 nitrogen and oxygen atoms in total. The first kappa shape index (κ1) is 27.9. The third kappa shape index (κ3) is 5.81. The molecule has 0 unspecified atom stereocenters. The minimum atomic E-state index is -6.15. The van der Waals surface area contributed by atoms with E-state index >= 15 is 0 Å². The highest BCUT2D eigenvalue weighted by Crippen LogP contribution is 2.36. The molecule has 4 rings (SSSR count). The van der Waals surface area contributed by atoms with Crippen molar-refractivity contribution >= 4 is 38.2 Å².